The maximum Gasteiger partial charge on any atom is 0.322 e. The van der Waals surface area contributed by atoms with E-state index in [0.717, 1.165) is 0 Å². The Balaban J connectivity index is 1.93. The molecule has 1 aliphatic heterocycles. The van der Waals surface area contributed by atoms with E-state index in [4.69, 9.17) is 4.74 Å². The van der Waals surface area contributed by atoms with E-state index >= 15 is 0 Å². The van der Waals surface area contributed by atoms with E-state index in [1.807, 2.05) is 0 Å². The van der Waals surface area contributed by atoms with Crippen LogP contribution in [0.1, 0.15) is 10.4 Å². The quantitative estimate of drug-likeness (QED) is 0.702. The van der Waals surface area contributed by atoms with Crippen LogP contribution >= 0.6 is 0 Å². The first-order valence-corrected chi connectivity index (χ1v) is 6.70. The van der Waals surface area contributed by atoms with Gasteiger partial charge in [-0.05, 0) is 24.3 Å². The summed E-state index contributed by atoms with van der Waals surface area (Å²) in [6, 6.07) is 5.01. The molecule has 1 atom stereocenters. The molecule has 7 heteroatoms. The van der Waals surface area contributed by atoms with Gasteiger partial charge in [0.05, 0.1) is 13.2 Å². The van der Waals surface area contributed by atoms with Crippen LogP contribution in [0.15, 0.2) is 24.3 Å². The second kappa shape index (κ2) is 7.05. The van der Waals surface area contributed by atoms with Crippen molar-refractivity contribution in [1.82, 2.24) is 10.2 Å². The Morgan fingerprint density at radius 3 is 2.43 bits per heavy atom. The molecule has 1 heterocycles. The maximum atomic E-state index is 11.9. The number of carboxylic acids is 1. The number of carbonyl (C=O) groups is 2. The Morgan fingerprint density at radius 2 is 1.86 bits per heavy atom. The third-order valence-corrected chi connectivity index (χ3v) is 3.36. The van der Waals surface area contributed by atoms with Crippen molar-refractivity contribution in [3.05, 3.63) is 29.8 Å². The Labute approximate surface area is 122 Å². The topological polar surface area (TPSA) is 99.1 Å². The fourth-order valence-electron chi connectivity index (χ4n) is 2.17. The van der Waals surface area contributed by atoms with Crippen molar-refractivity contribution in [2.75, 3.05) is 32.8 Å². The molecule has 1 aromatic rings. The minimum absolute atomic E-state index is 0.0229. The fourth-order valence-corrected chi connectivity index (χ4v) is 2.17. The molecule has 1 aromatic carbocycles. The minimum Gasteiger partial charge on any atom is -0.508 e. The summed E-state index contributed by atoms with van der Waals surface area (Å²) in [6.07, 6.45) is 0. The van der Waals surface area contributed by atoms with Crippen LogP contribution in [0.2, 0.25) is 0 Å². The van der Waals surface area contributed by atoms with E-state index in [1.165, 1.54) is 24.3 Å². The van der Waals surface area contributed by atoms with Gasteiger partial charge in [0, 0.05) is 25.2 Å². The number of hydrogen-bond acceptors (Lipinski definition) is 5. The molecule has 0 spiro atoms. The molecule has 1 amide bonds. The summed E-state index contributed by atoms with van der Waals surface area (Å²) in [6.45, 7) is 2.08. The number of aromatic hydroxyl groups is 1. The number of hydrogen-bond donors (Lipinski definition) is 3. The van der Waals surface area contributed by atoms with Crippen LogP contribution in [0.3, 0.4) is 0 Å². The lowest BCUT2D eigenvalue weighted by atomic mass is 10.2. The molecule has 0 bridgehead atoms. The molecule has 3 N–H and O–H groups in total. The predicted octanol–water partition coefficient (Wildman–Crippen LogP) is -0.0926. The van der Waals surface area contributed by atoms with E-state index in [2.05, 4.69) is 5.32 Å². The molecule has 0 saturated carbocycles. The van der Waals surface area contributed by atoms with Crippen LogP contribution in [0, 0.1) is 0 Å². The van der Waals surface area contributed by atoms with Crippen molar-refractivity contribution in [3.63, 3.8) is 0 Å². The van der Waals surface area contributed by atoms with Gasteiger partial charge in [-0.15, -0.1) is 0 Å². The lowest BCUT2D eigenvalue weighted by molar-refractivity contribution is -0.144. The number of phenols is 1. The molecule has 0 aliphatic carbocycles. The third-order valence-electron chi connectivity index (χ3n) is 3.36. The zero-order valence-corrected chi connectivity index (χ0v) is 11.5. The van der Waals surface area contributed by atoms with E-state index in [0.29, 0.717) is 31.9 Å². The van der Waals surface area contributed by atoms with Crippen molar-refractivity contribution in [3.8, 4) is 5.75 Å². The van der Waals surface area contributed by atoms with E-state index in [9.17, 15) is 19.8 Å². The summed E-state index contributed by atoms with van der Waals surface area (Å²) < 4.78 is 5.19. The average Bonchev–Trinajstić information content (AvgIpc) is 2.48. The number of carboxylic acid groups (broad SMARTS) is 1. The molecule has 0 aromatic heterocycles. The summed E-state index contributed by atoms with van der Waals surface area (Å²) >= 11 is 0. The Bertz CT molecular complexity index is 497. The lowest BCUT2D eigenvalue weighted by Crippen LogP contribution is -2.52. The minimum atomic E-state index is -0.970. The molecule has 0 unspecified atom stereocenters. The summed E-state index contributed by atoms with van der Waals surface area (Å²) in [5.74, 6) is -1.26. The average molecular weight is 294 g/mol. The number of nitrogens with one attached hydrogen (secondary N) is 1. The summed E-state index contributed by atoms with van der Waals surface area (Å²) in [4.78, 5) is 25.0. The zero-order valence-electron chi connectivity index (χ0n) is 11.5. The summed E-state index contributed by atoms with van der Waals surface area (Å²) in [5, 5.41) is 21.1. The zero-order chi connectivity index (χ0) is 15.2. The number of phenolic OH excluding ortho intramolecular Hbond substituents is 1. The third kappa shape index (κ3) is 4.17. The van der Waals surface area contributed by atoms with E-state index in [1.54, 1.807) is 4.90 Å². The monoisotopic (exact) mass is 294 g/mol. The first-order valence-electron chi connectivity index (χ1n) is 6.70. The fraction of sp³-hybridized carbons (Fsp3) is 0.429. The van der Waals surface area contributed by atoms with Gasteiger partial charge >= 0.3 is 5.97 Å². The summed E-state index contributed by atoms with van der Waals surface area (Å²) in [7, 11) is 0. The predicted molar refractivity (Wildman–Crippen MR) is 74.3 cm³/mol. The molecule has 0 radical (unpaired) electrons. The SMILES string of the molecule is O=C(NC[C@@H](C(=O)O)N1CCOCC1)c1ccc(O)cc1. The van der Waals surface area contributed by atoms with Crippen LogP contribution in [-0.4, -0.2) is 65.9 Å². The van der Waals surface area contributed by atoms with Crippen molar-refractivity contribution >= 4 is 11.9 Å². The number of benzene rings is 1. The normalized spacial score (nSPS) is 17.1. The van der Waals surface area contributed by atoms with Gasteiger partial charge in [0.25, 0.3) is 5.91 Å². The molecule has 1 fully saturated rings. The molecule has 1 saturated heterocycles. The molecule has 21 heavy (non-hydrogen) atoms. The molecule has 114 valence electrons. The van der Waals surface area contributed by atoms with Crippen molar-refractivity contribution in [2.45, 2.75) is 6.04 Å². The Kier molecular flexibility index (Phi) is 5.13. The van der Waals surface area contributed by atoms with Crippen LogP contribution in [-0.2, 0) is 9.53 Å². The number of morpholine rings is 1. The number of rotatable bonds is 5. The Morgan fingerprint density at radius 1 is 1.24 bits per heavy atom. The molecule has 2 rings (SSSR count). The van der Waals surface area contributed by atoms with Gasteiger partial charge in [0.2, 0.25) is 0 Å². The largest absolute Gasteiger partial charge is 0.508 e. The first kappa shape index (κ1) is 15.3. The maximum absolute atomic E-state index is 11.9. The van der Waals surface area contributed by atoms with Gasteiger partial charge < -0.3 is 20.3 Å². The molecular weight excluding hydrogens is 276 g/mol. The number of carbonyl (C=O) groups excluding carboxylic acids is 1. The van der Waals surface area contributed by atoms with Crippen LogP contribution in [0.25, 0.3) is 0 Å². The highest BCUT2D eigenvalue weighted by Gasteiger charge is 2.27. The van der Waals surface area contributed by atoms with Gasteiger partial charge in [0.15, 0.2) is 0 Å². The highest BCUT2D eigenvalue weighted by molar-refractivity contribution is 5.94. The summed E-state index contributed by atoms with van der Waals surface area (Å²) in [5.41, 5.74) is 0.374. The smallest absolute Gasteiger partial charge is 0.322 e. The van der Waals surface area contributed by atoms with Crippen molar-refractivity contribution in [1.29, 1.82) is 0 Å². The molecule has 7 nitrogen and oxygen atoms in total. The first-order chi connectivity index (χ1) is 10.1. The van der Waals surface area contributed by atoms with Crippen LogP contribution in [0.4, 0.5) is 0 Å². The second-order valence-corrected chi connectivity index (χ2v) is 4.76. The van der Waals surface area contributed by atoms with Crippen molar-refractivity contribution in [2.24, 2.45) is 0 Å². The number of nitrogens with zero attached hydrogens (tertiary/aromatic N) is 1. The van der Waals surface area contributed by atoms with E-state index < -0.39 is 12.0 Å². The van der Waals surface area contributed by atoms with Gasteiger partial charge in [-0.3, -0.25) is 14.5 Å². The van der Waals surface area contributed by atoms with Crippen molar-refractivity contribution < 1.29 is 24.5 Å². The number of aliphatic carboxylic acids is 1. The molecule has 1 aliphatic rings. The van der Waals surface area contributed by atoms with Gasteiger partial charge in [0.1, 0.15) is 11.8 Å². The standard InChI is InChI=1S/C14H18N2O5/c17-11-3-1-10(2-4-11)13(18)15-9-12(14(19)20)16-5-7-21-8-6-16/h1-4,12,17H,5-9H2,(H,15,18)(H,19,20)/t12-/m0/s1. The number of ether oxygens (including phenoxy) is 1. The number of amides is 1. The van der Waals surface area contributed by atoms with Gasteiger partial charge in [-0.25, -0.2) is 0 Å². The second-order valence-electron chi connectivity index (χ2n) is 4.76. The van der Waals surface area contributed by atoms with Crippen LogP contribution < -0.4 is 5.32 Å². The van der Waals surface area contributed by atoms with Gasteiger partial charge in [-0.1, -0.05) is 0 Å². The van der Waals surface area contributed by atoms with Crippen LogP contribution in [0.5, 0.6) is 5.75 Å². The van der Waals surface area contributed by atoms with Gasteiger partial charge in [-0.2, -0.15) is 0 Å². The molecular formula is C14H18N2O5. The highest BCUT2D eigenvalue weighted by Crippen LogP contribution is 2.10. The van der Waals surface area contributed by atoms with E-state index in [-0.39, 0.29) is 18.2 Å². The Hall–Kier alpha value is -2.12. The highest BCUT2D eigenvalue weighted by atomic mass is 16.5. The lowest BCUT2D eigenvalue weighted by Gasteiger charge is -2.31.